The molecule has 1 heterocycles. The summed E-state index contributed by atoms with van der Waals surface area (Å²) in [6.45, 7) is 6.25. The van der Waals surface area contributed by atoms with E-state index >= 15 is 0 Å². The van der Waals surface area contributed by atoms with Crippen molar-refractivity contribution in [3.05, 3.63) is 11.8 Å². The zero-order valence-corrected chi connectivity index (χ0v) is 23.0. The summed E-state index contributed by atoms with van der Waals surface area (Å²) in [5.74, 6) is 0.822. The number of carbonyl (C=O) groups excluding carboxylic acids is 1. The molecule has 37 heavy (non-hydrogen) atoms. The fraction of sp³-hybridized carbons (Fsp3) is 0.828. The van der Waals surface area contributed by atoms with Gasteiger partial charge in [0.1, 0.15) is 5.56 Å². The monoisotopic (exact) mass is 516 g/mol. The van der Waals surface area contributed by atoms with Gasteiger partial charge in [0.15, 0.2) is 0 Å². The van der Waals surface area contributed by atoms with Gasteiger partial charge in [-0.3, -0.25) is 9.59 Å². The van der Waals surface area contributed by atoms with Crippen LogP contribution in [0.1, 0.15) is 121 Å². The van der Waals surface area contributed by atoms with Crippen LogP contribution in [0.3, 0.4) is 0 Å². The molecule has 3 aliphatic rings. The molecule has 1 aromatic rings. The van der Waals surface area contributed by atoms with Crippen LogP contribution < -0.4 is 15.4 Å². The van der Waals surface area contributed by atoms with Crippen LogP contribution in [0.2, 0.25) is 0 Å². The number of ether oxygens (including phenoxy) is 1. The van der Waals surface area contributed by atoms with Gasteiger partial charge in [-0.1, -0.05) is 46.0 Å². The van der Waals surface area contributed by atoms with Crippen molar-refractivity contribution in [2.24, 2.45) is 11.8 Å². The van der Waals surface area contributed by atoms with Crippen LogP contribution in [-0.2, 0) is 11.3 Å². The lowest BCUT2D eigenvalue weighted by molar-refractivity contribution is -0.139. The SMILES string of the molecule is CCCC(C)CC1(NC(=O)c2cnn(CCNC3(CC(=O)O)CCC3)c2OCC2CCCCC2)CCC1. The fourth-order valence-corrected chi connectivity index (χ4v) is 6.68. The quantitative estimate of drug-likeness (QED) is 0.292. The van der Waals surface area contributed by atoms with Crippen molar-refractivity contribution in [3.8, 4) is 5.88 Å². The first-order valence-electron chi connectivity index (χ1n) is 14.8. The lowest BCUT2D eigenvalue weighted by Crippen LogP contribution is -2.54. The molecule has 0 aromatic carbocycles. The predicted molar refractivity (Wildman–Crippen MR) is 144 cm³/mol. The molecule has 1 aromatic heterocycles. The molecule has 1 amide bonds. The topological polar surface area (TPSA) is 105 Å². The number of carbonyl (C=O) groups is 2. The molecule has 1 atom stereocenters. The van der Waals surface area contributed by atoms with Crippen LogP contribution in [0, 0.1) is 11.8 Å². The molecule has 8 nitrogen and oxygen atoms in total. The van der Waals surface area contributed by atoms with Crippen molar-refractivity contribution in [2.45, 2.75) is 128 Å². The first kappa shape index (κ1) is 27.9. The Bertz CT molecular complexity index is 900. The highest BCUT2D eigenvalue weighted by Gasteiger charge is 2.41. The molecule has 8 heteroatoms. The molecule has 0 radical (unpaired) electrons. The van der Waals surface area contributed by atoms with Gasteiger partial charge in [-0.05, 0) is 69.6 Å². The van der Waals surface area contributed by atoms with Crippen LogP contribution in [0.15, 0.2) is 6.20 Å². The first-order chi connectivity index (χ1) is 17.8. The van der Waals surface area contributed by atoms with E-state index in [1.807, 2.05) is 0 Å². The van der Waals surface area contributed by atoms with Gasteiger partial charge in [-0.15, -0.1) is 0 Å². The van der Waals surface area contributed by atoms with Gasteiger partial charge in [0, 0.05) is 17.6 Å². The second-order valence-electron chi connectivity index (χ2n) is 12.2. The summed E-state index contributed by atoms with van der Waals surface area (Å²) in [7, 11) is 0. The van der Waals surface area contributed by atoms with E-state index in [-0.39, 0.29) is 23.4 Å². The van der Waals surface area contributed by atoms with Gasteiger partial charge < -0.3 is 20.5 Å². The van der Waals surface area contributed by atoms with E-state index in [0.717, 1.165) is 44.9 Å². The zero-order valence-electron chi connectivity index (χ0n) is 23.0. The molecular formula is C29H48N4O4. The van der Waals surface area contributed by atoms with Gasteiger partial charge in [0.25, 0.3) is 5.91 Å². The van der Waals surface area contributed by atoms with Gasteiger partial charge in [-0.25, -0.2) is 4.68 Å². The summed E-state index contributed by atoms with van der Waals surface area (Å²) in [5.41, 5.74) is 0.103. The van der Waals surface area contributed by atoms with Crippen LogP contribution in [0.5, 0.6) is 5.88 Å². The Balaban J connectivity index is 1.44. The highest BCUT2D eigenvalue weighted by molar-refractivity contribution is 5.96. The number of aliphatic carboxylic acids is 1. The first-order valence-corrected chi connectivity index (χ1v) is 14.8. The number of aromatic nitrogens is 2. The molecule has 4 rings (SSSR count). The number of rotatable bonds is 15. The number of carboxylic acids is 1. The molecule has 0 bridgehead atoms. The second-order valence-corrected chi connectivity index (χ2v) is 12.2. The van der Waals surface area contributed by atoms with Crippen molar-refractivity contribution in [1.29, 1.82) is 0 Å². The zero-order chi connectivity index (χ0) is 26.3. The van der Waals surface area contributed by atoms with E-state index in [2.05, 4.69) is 29.6 Å². The second kappa shape index (κ2) is 12.6. The van der Waals surface area contributed by atoms with E-state index in [1.165, 1.54) is 44.9 Å². The third-order valence-corrected chi connectivity index (χ3v) is 9.05. The average Bonchev–Trinajstić information content (AvgIpc) is 3.23. The Morgan fingerprint density at radius 2 is 1.84 bits per heavy atom. The van der Waals surface area contributed by atoms with Crippen LogP contribution >= 0.6 is 0 Å². The lowest BCUT2D eigenvalue weighted by atomic mass is 9.71. The molecule has 0 aliphatic heterocycles. The summed E-state index contributed by atoms with van der Waals surface area (Å²) in [4.78, 5) is 24.9. The number of hydrogen-bond acceptors (Lipinski definition) is 5. The van der Waals surface area contributed by atoms with Crippen molar-refractivity contribution in [2.75, 3.05) is 13.2 Å². The number of carboxylic acid groups (broad SMARTS) is 1. The van der Waals surface area contributed by atoms with Crippen LogP contribution in [0.4, 0.5) is 0 Å². The Morgan fingerprint density at radius 1 is 1.14 bits per heavy atom. The maximum atomic E-state index is 13.6. The van der Waals surface area contributed by atoms with Gasteiger partial charge in [-0.2, -0.15) is 5.10 Å². The maximum Gasteiger partial charge on any atom is 0.305 e. The number of amides is 1. The Morgan fingerprint density at radius 3 is 2.43 bits per heavy atom. The summed E-state index contributed by atoms with van der Waals surface area (Å²) in [5, 5.41) is 20.7. The van der Waals surface area contributed by atoms with Gasteiger partial charge >= 0.3 is 5.97 Å². The van der Waals surface area contributed by atoms with E-state index in [9.17, 15) is 14.7 Å². The largest absolute Gasteiger partial charge is 0.481 e. The third kappa shape index (κ3) is 7.27. The minimum atomic E-state index is -0.764. The Labute approximate surface area is 222 Å². The Hall–Kier alpha value is -2.09. The summed E-state index contributed by atoms with van der Waals surface area (Å²) < 4.78 is 8.16. The minimum absolute atomic E-state index is 0.0809. The van der Waals surface area contributed by atoms with Crippen molar-refractivity contribution >= 4 is 11.9 Å². The number of nitrogens with zero attached hydrogens (tertiary/aromatic N) is 2. The summed E-state index contributed by atoms with van der Waals surface area (Å²) in [6.07, 6.45) is 17.4. The summed E-state index contributed by atoms with van der Waals surface area (Å²) >= 11 is 0. The highest BCUT2D eigenvalue weighted by Crippen LogP contribution is 2.39. The molecular weight excluding hydrogens is 468 g/mol. The van der Waals surface area contributed by atoms with Crippen molar-refractivity contribution in [3.63, 3.8) is 0 Å². The van der Waals surface area contributed by atoms with Crippen molar-refractivity contribution < 1.29 is 19.4 Å². The Kier molecular flexibility index (Phi) is 9.54. The lowest BCUT2D eigenvalue weighted by Gasteiger charge is -2.44. The predicted octanol–water partition coefficient (Wildman–Crippen LogP) is 5.31. The maximum absolute atomic E-state index is 13.6. The molecule has 3 saturated carbocycles. The normalized spacial score (nSPS) is 21.5. The van der Waals surface area contributed by atoms with Crippen molar-refractivity contribution in [1.82, 2.24) is 20.4 Å². The van der Waals surface area contributed by atoms with Gasteiger partial charge in [0.05, 0.1) is 25.8 Å². The van der Waals surface area contributed by atoms with E-state index < -0.39 is 5.97 Å². The standard InChI is InChI=1S/C29H48N4O4/c1-3-9-22(2)18-29(14-8-15-29)32-26(36)24-20-31-33(27(24)37-21-23-10-5-4-6-11-23)17-16-30-28(12-7-13-28)19-25(34)35/h20,22-23,30H,3-19,21H2,1-2H3,(H,32,36)(H,34,35). The smallest absolute Gasteiger partial charge is 0.305 e. The third-order valence-electron chi connectivity index (χ3n) is 9.05. The fourth-order valence-electron chi connectivity index (χ4n) is 6.68. The number of hydrogen-bond donors (Lipinski definition) is 3. The molecule has 3 fully saturated rings. The molecule has 208 valence electrons. The highest BCUT2D eigenvalue weighted by atomic mass is 16.5. The molecule has 0 spiro atoms. The average molecular weight is 517 g/mol. The summed E-state index contributed by atoms with van der Waals surface area (Å²) in [6, 6.07) is 0. The van der Waals surface area contributed by atoms with Crippen LogP contribution in [0.25, 0.3) is 0 Å². The minimum Gasteiger partial charge on any atom is -0.481 e. The molecule has 1 unspecified atom stereocenters. The van der Waals surface area contributed by atoms with E-state index in [1.54, 1.807) is 10.9 Å². The van der Waals surface area contributed by atoms with E-state index in [0.29, 0.717) is 43.0 Å². The molecule has 3 aliphatic carbocycles. The number of nitrogens with one attached hydrogen (secondary N) is 2. The van der Waals surface area contributed by atoms with Crippen LogP contribution in [-0.4, -0.2) is 51.0 Å². The molecule has 3 N–H and O–H groups in total. The molecule has 0 saturated heterocycles. The van der Waals surface area contributed by atoms with E-state index in [4.69, 9.17) is 4.74 Å². The van der Waals surface area contributed by atoms with Gasteiger partial charge in [0.2, 0.25) is 5.88 Å².